The number of aliphatic hydroxyl groups is 1. The summed E-state index contributed by atoms with van der Waals surface area (Å²) in [4.78, 5) is 8.65. The summed E-state index contributed by atoms with van der Waals surface area (Å²) >= 11 is 0. The van der Waals surface area contributed by atoms with Crippen LogP contribution in [0.5, 0.6) is 0 Å². The van der Waals surface area contributed by atoms with Crippen LogP contribution in [-0.4, -0.2) is 30.1 Å². The van der Waals surface area contributed by atoms with Crippen molar-refractivity contribution in [2.75, 3.05) is 6.16 Å². The molecule has 1 saturated carbocycles. The average molecular weight is 160 g/mol. The zero-order chi connectivity index (χ0) is 7.56. The van der Waals surface area contributed by atoms with Crippen LogP contribution in [0.15, 0.2) is 0 Å². The van der Waals surface area contributed by atoms with Gasteiger partial charge in [-0.1, -0.05) is 6.42 Å². The van der Waals surface area contributed by atoms with Crippen molar-refractivity contribution in [3.05, 3.63) is 0 Å². The van der Waals surface area contributed by atoms with Gasteiger partial charge in [0.25, 0.3) is 0 Å². The fraction of sp³-hybridized carbons (Fsp3) is 1.00. The molecule has 10 heavy (non-hydrogen) atoms. The summed E-state index contributed by atoms with van der Waals surface area (Å²) in [5, 5.41) is 9.32. The van der Waals surface area contributed by atoms with Crippen molar-refractivity contribution in [2.24, 2.45) is 5.92 Å². The Morgan fingerprint density at radius 1 is 1.50 bits per heavy atom. The molecule has 1 aliphatic rings. The van der Waals surface area contributed by atoms with Crippen molar-refractivity contribution < 1.29 is 10.00 Å². The van der Waals surface area contributed by atoms with Gasteiger partial charge in [-0.05, 0) is 24.3 Å². The van der Waals surface area contributed by atoms with Gasteiger partial charge in [0, 0.05) is 14.9 Å². The third kappa shape index (κ3) is 1.95. The van der Waals surface area contributed by atoms with E-state index in [1.165, 1.54) is 0 Å². The molecule has 0 heterocycles. The summed E-state index contributed by atoms with van der Waals surface area (Å²) in [6.45, 7) is 0. The summed E-state index contributed by atoms with van der Waals surface area (Å²) < 4.78 is 0. The molecule has 0 aromatic heterocycles. The second-order valence-electron chi connectivity index (χ2n) is 3.24. The highest BCUT2D eigenvalue weighted by Gasteiger charge is 2.28. The molecule has 0 aromatic carbocycles. The molecule has 0 bridgehead atoms. The highest BCUT2D eigenvalue weighted by atomic mass is 31.1. The molecule has 1 rings (SSSR count). The molecule has 58 valence electrons. The van der Waals surface area contributed by atoms with Gasteiger partial charge in [0.05, 0.1) is 0 Å². The smallest absolute Gasteiger partial charge is 0.108 e. The maximum Gasteiger partial charge on any atom is 0.108 e. The first-order valence-electron chi connectivity index (χ1n) is 3.79. The maximum atomic E-state index is 9.32. The van der Waals surface area contributed by atoms with Gasteiger partial charge in [-0.2, -0.15) is 0 Å². The Labute approximate surface area is 64.3 Å². The lowest BCUT2D eigenvalue weighted by Crippen LogP contribution is -2.06. The number of aliphatic hydroxyl groups excluding tert-OH is 1. The molecule has 0 aliphatic heterocycles. The second-order valence-corrected chi connectivity index (χ2v) is 3.97. The van der Waals surface area contributed by atoms with E-state index in [9.17, 15) is 5.11 Å². The lowest BCUT2D eigenvalue weighted by Gasteiger charge is -2.04. The molecule has 2 N–H and O–H groups in total. The molecule has 0 spiro atoms. The van der Waals surface area contributed by atoms with E-state index in [1.807, 2.05) is 0 Å². The number of hydrogen-bond acceptors (Lipinski definition) is 2. The van der Waals surface area contributed by atoms with Crippen LogP contribution in [-0.2, 0) is 0 Å². The zero-order valence-electron chi connectivity index (χ0n) is 6.25. The van der Waals surface area contributed by atoms with E-state index in [-0.39, 0.29) is 14.9 Å². The van der Waals surface area contributed by atoms with Gasteiger partial charge >= 0.3 is 0 Å². The Morgan fingerprint density at radius 3 is 2.60 bits per heavy atom. The normalized spacial score (nSPS) is 41.6. The largest absolute Gasteiger partial charge is 0.394 e. The molecule has 1 fully saturated rings. The molecular formula is C6H14BO2P. The number of hydrogen-bond donors (Lipinski definition) is 2. The highest BCUT2D eigenvalue weighted by molar-refractivity contribution is 7.31. The summed E-state index contributed by atoms with van der Waals surface area (Å²) in [5.74, 6) is 1.02. The van der Waals surface area contributed by atoms with E-state index in [2.05, 4.69) is 7.85 Å². The molecule has 3 unspecified atom stereocenters. The van der Waals surface area contributed by atoms with Crippen molar-refractivity contribution in [1.29, 1.82) is 0 Å². The number of rotatable bonds is 2. The SMILES string of the molecule is BC1C[C@H](CPO)CC1O. The fourth-order valence-electron chi connectivity index (χ4n) is 1.65. The standard InChI is InChI=1S/C6H14BO2P/c7-5-1-4(3-10-9)2-6(5)8/h4-6,8-10H,1-3,7H2/t4-,5?,6?/m0/s1. The van der Waals surface area contributed by atoms with Crippen LogP contribution in [0.4, 0.5) is 0 Å². The van der Waals surface area contributed by atoms with Crippen LogP contribution in [0.2, 0.25) is 5.82 Å². The molecule has 2 nitrogen and oxygen atoms in total. The van der Waals surface area contributed by atoms with Gasteiger partial charge in [0.1, 0.15) is 7.85 Å². The summed E-state index contributed by atoms with van der Waals surface area (Å²) in [6, 6.07) is 0. The van der Waals surface area contributed by atoms with Gasteiger partial charge in [0.15, 0.2) is 0 Å². The molecular weight excluding hydrogens is 146 g/mol. The third-order valence-electron chi connectivity index (χ3n) is 2.32. The van der Waals surface area contributed by atoms with Gasteiger partial charge in [-0.3, -0.25) is 0 Å². The summed E-state index contributed by atoms with van der Waals surface area (Å²) in [7, 11) is 2.13. The predicted octanol–water partition coefficient (Wildman–Crippen LogP) is -0.235. The van der Waals surface area contributed by atoms with Crippen molar-refractivity contribution in [1.82, 2.24) is 0 Å². The topological polar surface area (TPSA) is 40.5 Å². The first-order chi connectivity index (χ1) is 4.74. The van der Waals surface area contributed by atoms with Gasteiger partial charge in [0.2, 0.25) is 0 Å². The van der Waals surface area contributed by atoms with Crippen molar-refractivity contribution in [3.63, 3.8) is 0 Å². The quantitative estimate of drug-likeness (QED) is 0.432. The Kier molecular flexibility index (Phi) is 3.15. The predicted molar refractivity (Wildman–Crippen MR) is 46.4 cm³/mol. The maximum absolute atomic E-state index is 9.32. The Morgan fingerprint density at radius 2 is 2.20 bits per heavy atom. The lowest BCUT2D eigenvalue weighted by molar-refractivity contribution is 0.179. The van der Waals surface area contributed by atoms with E-state index in [1.54, 1.807) is 0 Å². The molecule has 0 saturated heterocycles. The van der Waals surface area contributed by atoms with E-state index in [4.69, 9.17) is 4.89 Å². The Bertz CT molecular complexity index is 102. The molecule has 0 aromatic rings. The van der Waals surface area contributed by atoms with E-state index >= 15 is 0 Å². The van der Waals surface area contributed by atoms with Crippen LogP contribution in [0, 0.1) is 5.92 Å². The Balaban J connectivity index is 2.27. The minimum atomic E-state index is -0.110. The van der Waals surface area contributed by atoms with Crippen LogP contribution in [0.1, 0.15) is 12.8 Å². The van der Waals surface area contributed by atoms with Crippen LogP contribution in [0.25, 0.3) is 0 Å². The highest BCUT2D eigenvalue weighted by Crippen LogP contribution is 2.35. The summed E-state index contributed by atoms with van der Waals surface area (Å²) in [6.07, 6.45) is 2.77. The zero-order valence-corrected chi connectivity index (χ0v) is 7.25. The first kappa shape index (κ1) is 8.51. The van der Waals surface area contributed by atoms with Crippen molar-refractivity contribution in [2.45, 2.75) is 24.8 Å². The van der Waals surface area contributed by atoms with Crippen LogP contribution in [0.3, 0.4) is 0 Å². The van der Waals surface area contributed by atoms with E-state index in [0.29, 0.717) is 11.7 Å². The molecule has 0 amide bonds. The van der Waals surface area contributed by atoms with Gasteiger partial charge < -0.3 is 10.00 Å². The molecule has 4 atom stereocenters. The molecule has 0 radical (unpaired) electrons. The van der Waals surface area contributed by atoms with E-state index < -0.39 is 0 Å². The van der Waals surface area contributed by atoms with Crippen LogP contribution < -0.4 is 0 Å². The lowest BCUT2D eigenvalue weighted by atomic mass is 9.84. The van der Waals surface area contributed by atoms with Crippen molar-refractivity contribution >= 4 is 16.7 Å². The monoisotopic (exact) mass is 160 g/mol. The van der Waals surface area contributed by atoms with E-state index in [0.717, 1.165) is 19.0 Å². The summed E-state index contributed by atoms with van der Waals surface area (Å²) in [5.41, 5.74) is 0. The molecule has 1 aliphatic carbocycles. The second kappa shape index (κ2) is 3.70. The average Bonchev–Trinajstić information content (AvgIpc) is 2.14. The van der Waals surface area contributed by atoms with Crippen LogP contribution >= 0.6 is 8.81 Å². The molecule has 4 heteroatoms. The first-order valence-corrected chi connectivity index (χ1v) is 4.94. The van der Waals surface area contributed by atoms with Gasteiger partial charge in [-0.15, -0.1) is 0 Å². The van der Waals surface area contributed by atoms with Gasteiger partial charge in [-0.25, -0.2) is 0 Å². The Hall–Kier alpha value is 0.415. The minimum Gasteiger partial charge on any atom is -0.394 e. The minimum absolute atomic E-state index is 0.0600. The fourth-order valence-corrected chi connectivity index (χ4v) is 2.24. The van der Waals surface area contributed by atoms with Crippen molar-refractivity contribution in [3.8, 4) is 0 Å². The third-order valence-corrected chi connectivity index (χ3v) is 3.08.